The van der Waals surface area contributed by atoms with Gasteiger partial charge in [0.25, 0.3) is 0 Å². The van der Waals surface area contributed by atoms with Crippen molar-refractivity contribution in [1.29, 1.82) is 0 Å². The maximum Gasteiger partial charge on any atom is 0.155 e. The monoisotopic (exact) mass is 321 g/mol. The molecule has 0 amide bonds. The third-order valence-electron chi connectivity index (χ3n) is 2.92. The molecule has 2 nitrogen and oxygen atoms in total. The number of rotatable bonds is 4. The molecule has 0 atom stereocenters. The summed E-state index contributed by atoms with van der Waals surface area (Å²) in [4.78, 5) is 12.9. The first kappa shape index (κ1) is 13.7. The Hall–Kier alpha value is -1.68. The minimum absolute atomic E-state index is 0.0945. The summed E-state index contributed by atoms with van der Waals surface area (Å²) in [7, 11) is 1.83. The molecule has 2 aromatic rings. The van der Waals surface area contributed by atoms with Crippen LogP contribution in [0, 0.1) is 5.82 Å². The van der Waals surface area contributed by atoms with Gasteiger partial charge in [-0.1, -0.05) is 40.2 Å². The van der Waals surface area contributed by atoms with Crippen LogP contribution in [0.15, 0.2) is 46.9 Å². The molecule has 98 valence electrons. The Morgan fingerprint density at radius 1 is 1.21 bits per heavy atom. The summed E-state index contributed by atoms with van der Waals surface area (Å²) in [6.07, 6.45) is 0.557. The van der Waals surface area contributed by atoms with E-state index in [-0.39, 0.29) is 5.56 Å². The molecule has 0 aromatic heterocycles. The van der Waals surface area contributed by atoms with E-state index < -0.39 is 5.82 Å². The minimum atomic E-state index is -0.494. The number of anilines is 1. The first-order valence-electron chi connectivity index (χ1n) is 5.81. The molecule has 0 radical (unpaired) electrons. The first-order valence-corrected chi connectivity index (χ1v) is 6.61. The summed E-state index contributed by atoms with van der Waals surface area (Å²) >= 11 is 3.48. The quantitative estimate of drug-likeness (QED) is 0.792. The molecule has 0 aliphatic carbocycles. The highest BCUT2D eigenvalue weighted by Gasteiger charge is 2.12. The van der Waals surface area contributed by atoms with Crippen LogP contribution in [-0.4, -0.2) is 13.3 Å². The Labute approximate surface area is 120 Å². The van der Waals surface area contributed by atoms with Crippen LogP contribution >= 0.6 is 15.9 Å². The Morgan fingerprint density at radius 2 is 1.95 bits per heavy atom. The van der Waals surface area contributed by atoms with Crippen LogP contribution in [0.25, 0.3) is 0 Å². The van der Waals surface area contributed by atoms with E-state index in [4.69, 9.17) is 0 Å². The molecular formula is C15H13BrFNO. The molecule has 2 rings (SSSR count). The van der Waals surface area contributed by atoms with Gasteiger partial charge in [0.05, 0.1) is 11.3 Å². The fourth-order valence-corrected chi connectivity index (χ4v) is 2.35. The molecule has 0 aliphatic heterocycles. The molecule has 4 heteroatoms. The topological polar surface area (TPSA) is 20.3 Å². The lowest BCUT2D eigenvalue weighted by Gasteiger charge is -2.21. The van der Waals surface area contributed by atoms with Crippen molar-refractivity contribution in [1.82, 2.24) is 0 Å². The van der Waals surface area contributed by atoms with Crippen LogP contribution in [-0.2, 0) is 6.54 Å². The number of hydrogen-bond donors (Lipinski definition) is 0. The molecular weight excluding hydrogens is 309 g/mol. The molecule has 0 fully saturated rings. The molecule has 0 N–H and O–H groups in total. The summed E-state index contributed by atoms with van der Waals surface area (Å²) < 4.78 is 14.6. The lowest BCUT2D eigenvalue weighted by Crippen LogP contribution is -2.18. The average Bonchev–Trinajstić information content (AvgIpc) is 2.41. The van der Waals surface area contributed by atoms with E-state index in [1.54, 1.807) is 12.1 Å². The highest BCUT2D eigenvalue weighted by Crippen LogP contribution is 2.24. The van der Waals surface area contributed by atoms with Crippen molar-refractivity contribution >= 4 is 27.9 Å². The Balaban J connectivity index is 2.30. The fraction of sp³-hybridized carbons (Fsp3) is 0.133. The van der Waals surface area contributed by atoms with E-state index in [0.29, 0.717) is 18.5 Å². The van der Waals surface area contributed by atoms with Crippen LogP contribution in [0.1, 0.15) is 15.9 Å². The zero-order chi connectivity index (χ0) is 13.8. The van der Waals surface area contributed by atoms with Gasteiger partial charge in [-0.3, -0.25) is 4.79 Å². The first-order chi connectivity index (χ1) is 9.13. The van der Waals surface area contributed by atoms with Crippen molar-refractivity contribution in [3.63, 3.8) is 0 Å². The van der Waals surface area contributed by atoms with E-state index >= 15 is 0 Å². The number of hydrogen-bond acceptors (Lipinski definition) is 2. The fourth-order valence-electron chi connectivity index (χ4n) is 1.94. The van der Waals surface area contributed by atoms with E-state index in [9.17, 15) is 9.18 Å². The van der Waals surface area contributed by atoms with Crippen molar-refractivity contribution < 1.29 is 9.18 Å². The van der Waals surface area contributed by atoms with Crippen molar-refractivity contribution in [2.24, 2.45) is 0 Å². The second-order valence-corrected chi connectivity index (χ2v) is 5.09. The summed E-state index contributed by atoms with van der Waals surface area (Å²) in [6.45, 7) is 0.589. The van der Waals surface area contributed by atoms with Gasteiger partial charge in [-0.2, -0.15) is 0 Å². The average molecular weight is 322 g/mol. The van der Waals surface area contributed by atoms with Gasteiger partial charge in [0.15, 0.2) is 6.29 Å². The standard InChI is InChI=1S/C15H13BrFNO/c1-18(9-11-5-2-3-6-13(11)16)15-8-4-7-14(17)12(15)10-19/h2-8,10H,9H2,1H3. The van der Waals surface area contributed by atoms with Gasteiger partial charge in [-0.15, -0.1) is 0 Å². The second kappa shape index (κ2) is 5.97. The normalized spacial score (nSPS) is 10.3. The number of carbonyl (C=O) groups is 1. The van der Waals surface area contributed by atoms with Crippen molar-refractivity contribution in [2.45, 2.75) is 6.54 Å². The molecule has 0 saturated heterocycles. The van der Waals surface area contributed by atoms with Crippen molar-refractivity contribution in [3.05, 3.63) is 63.9 Å². The lowest BCUT2D eigenvalue weighted by molar-refractivity contribution is 0.112. The van der Waals surface area contributed by atoms with Gasteiger partial charge in [0.2, 0.25) is 0 Å². The Bertz CT molecular complexity index is 600. The molecule has 0 heterocycles. The predicted octanol–water partition coefficient (Wildman–Crippen LogP) is 4.04. The van der Waals surface area contributed by atoms with E-state index in [0.717, 1.165) is 10.0 Å². The number of aldehydes is 1. The van der Waals surface area contributed by atoms with Gasteiger partial charge in [-0.05, 0) is 23.8 Å². The Morgan fingerprint density at radius 3 is 2.63 bits per heavy atom. The van der Waals surface area contributed by atoms with Crippen LogP contribution in [0.4, 0.5) is 10.1 Å². The maximum absolute atomic E-state index is 13.6. The lowest BCUT2D eigenvalue weighted by atomic mass is 10.1. The third-order valence-corrected chi connectivity index (χ3v) is 3.70. The molecule has 0 aliphatic rings. The van der Waals surface area contributed by atoms with E-state index in [2.05, 4.69) is 15.9 Å². The minimum Gasteiger partial charge on any atom is -0.370 e. The van der Waals surface area contributed by atoms with Gasteiger partial charge < -0.3 is 4.90 Å². The highest BCUT2D eigenvalue weighted by atomic mass is 79.9. The Kier molecular flexibility index (Phi) is 4.32. The number of halogens is 2. The van der Waals surface area contributed by atoms with Gasteiger partial charge in [0, 0.05) is 18.1 Å². The predicted molar refractivity (Wildman–Crippen MR) is 78.0 cm³/mol. The number of nitrogens with zero attached hydrogens (tertiary/aromatic N) is 1. The molecule has 0 saturated carbocycles. The van der Waals surface area contributed by atoms with Gasteiger partial charge >= 0.3 is 0 Å². The number of carbonyl (C=O) groups excluding carboxylic acids is 1. The van der Waals surface area contributed by atoms with Crippen LogP contribution in [0.3, 0.4) is 0 Å². The van der Waals surface area contributed by atoms with Crippen molar-refractivity contribution in [2.75, 3.05) is 11.9 Å². The van der Waals surface area contributed by atoms with Gasteiger partial charge in [-0.25, -0.2) is 4.39 Å². The smallest absolute Gasteiger partial charge is 0.155 e. The van der Waals surface area contributed by atoms with Crippen molar-refractivity contribution in [3.8, 4) is 0 Å². The SMILES string of the molecule is CN(Cc1ccccc1Br)c1cccc(F)c1C=O. The second-order valence-electron chi connectivity index (χ2n) is 4.24. The third kappa shape index (κ3) is 3.01. The summed E-state index contributed by atoms with van der Waals surface area (Å²) in [5.74, 6) is -0.494. The molecule has 0 bridgehead atoms. The number of benzene rings is 2. The van der Waals surface area contributed by atoms with Gasteiger partial charge in [0.1, 0.15) is 5.82 Å². The highest BCUT2D eigenvalue weighted by molar-refractivity contribution is 9.10. The summed E-state index contributed by atoms with van der Waals surface area (Å²) in [5.41, 5.74) is 1.76. The van der Waals surface area contributed by atoms with Crippen LogP contribution in [0.5, 0.6) is 0 Å². The zero-order valence-electron chi connectivity index (χ0n) is 10.4. The molecule has 2 aromatic carbocycles. The van der Waals surface area contributed by atoms with E-state index in [1.807, 2.05) is 36.2 Å². The molecule has 19 heavy (non-hydrogen) atoms. The maximum atomic E-state index is 13.6. The summed E-state index contributed by atoms with van der Waals surface area (Å²) in [5, 5.41) is 0. The largest absolute Gasteiger partial charge is 0.370 e. The zero-order valence-corrected chi connectivity index (χ0v) is 12.0. The molecule has 0 unspecified atom stereocenters. The summed E-state index contributed by atoms with van der Waals surface area (Å²) in [6, 6.07) is 12.5. The van der Waals surface area contributed by atoms with Crippen LogP contribution in [0.2, 0.25) is 0 Å². The molecule has 0 spiro atoms. The van der Waals surface area contributed by atoms with E-state index in [1.165, 1.54) is 6.07 Å². The van der Waals surface area contributed by atoms with Crippen LogP contribution < -0.4 is 4.90 Å².